The van der Waals surface area contributed by atoms with Crippen LogP contribution in [-0.2, 0) is 0 Å². The van der Waals surface area contributed by atoms with Crippen molar-refractivity contribution in [3.63, 3.8) is 0 Å². The number of carbonyl (C=O) groups is 1. The van der Waals surface area contributed by atoms with E-state index in [0.29, 0.717) is 5.56 Å². The van der Waals surface area contributed by atoms with Crippen molar-refractivity contribution in [1.29, 1.82) is 0 Å². The summed E-state index contributed by atoms with van der Waals surface area (Å²) in [5, 5.41) is 8.37. The molecule has 54 valence electrons. The molecule has 3 heteroatoms. The zero-order valence-corrected chi connectivity index (χ0v) is 9.79. The largest absolute Gasteiger partial charge is 1.00 e. The summed E-state index contributed by atoms with van der Waals surface area (Å²) < 4.78 is 0. The summed E-state index contributed by atoms with van der Waals surface area (Å²) >= 11 is 0. The topological polar surface area (TPSA) is 37.3 Å². The molecule has 1 aromatic carbocycles. The molecule has 0 fully saturated rings. The number of carboxylic acids is 1. The van der Waals surface area contributed by atoms with Crippen LogP contribution in [0.4, 0.5) is 0 Å². The van der Waals surface area contributed by atoms with Crippen molar-refractivity contribution in [2.75, 3.05) is 0 Å². The van der Waals surface area contributed by atoms with E-state index in [1.807, 2.05) is 0 Å². The molecule has 0 amide bonds. The third kappa shape index (κ3) is 4.71. The molecule has 0 spiro atoms. The van der Waals surface area contributed by atoms with Gasteiger partial charge in [-0.15, -0.1) is 0 Å². The molecule has 1 aromatic rings. The molecule has 0 aromatic heterocycles. The van der Waals surface area contributed by atoms with Crippen LogP contribution in [-0.4, -0.2) is 11.1 Å². The van der Waals surface area contributed by atoms with E-state index in [4.69, 9.17) is 5.11 Å². The van der Waals surface area contributed by atoms with Gasteiger partial charge in [0.2, 0.25) is 0 Å². The first-order valence-electron chi connectivity index (χ1n) is 2.50. The van der Waals surface area contributed by atoms with Crippen LogP contribution in [0.3, 0.4) is 0 Å². The van der Waals surface area contributed by atoms with Gasteiger partial charge in [-0.1, -0.05) is 0 Å². The summed E-state index contributed by atoms with van der Waals surface area (Å²) in [4.78, 5) is 10.2. The molecule has 0 unspecified atom stereocenters. The number of hydrogen-bond acceptors (Lipinski definition) is 1. The summed E-state index contributed by atoms with van der Waals surface area (Å²) in [6.07, 6.45) is 0. The molecular weight excluding hydrogens is 167 g/mol. The Morgan fingerprint density at radius 1 is 1.36 bits per heavy atom. The van der Waals surface area contributed by atoms with Crippen LogP contribution in [0.1, 0.15) is 10.4 Å². The maximum absolute atomic E-state index is 10.2. The van der Waals surface area contributed by atoms with Crippen LogP contribution in [0.25, 0.3) is 0 Å². The molecule has 0 atom stereocenters. The number of benzene rings is 1. The van der Waals surface area contributed by atoms with Crippen LogP contribution in [0.2, 0.25) is 0 Å². The van der Waals surface area contributed by atoms with Gasteiger partial charge in [0.1, 0.15) is 0 Å². The quantitative estimate of drug-likeness (QED) is 0.423. The average Bonchev–Trinajstić information content (AvgIpc) is 1.90. The second-order valence-electron chi connectivity index (χ2n) is 1.59. The Balaban J connectivity index is 0. The third-order valence-electron chi connectivity index (χ3n) is 0.965. The van der Waals surface area contributed by atoms with Crippen molar-refractivity contribution in [2.24, 2.45) is 0 Å². The minimum absolute atomic E-state index is 0. The SMILES string of the molecule is O=C(O)c1cc[c-]cc1.[CH3-].[K+]. The molecule has 0 saturated carbocycles. The van der Waals surface area contributed by atoms with Gasteiger partial charge in [-0.3, -0.25) is 0 Å². The monoisotopic (exact) mass is 175 g/mol. The summed E-state index contributed by atoms with van der Waals surface area (Å²) in [7, 11) is 0. The molecule has 1 rings (SSSR count). The summed E-state index contributed by atoms with van der Waals surface area (Å²) in [5.74, 6) is -0.899. The second-order valence-corrected chi connectivity index (χ2v) is 1.59. The Morgan fingerprint density at radius 3 is 2.09 bits per heavy atom. The molecule has 2 nitrogen and oxygen atoms in total. The first kappa shape index (κ1) is 13.9. The molecule has 0 bridgehead atoms. The molecule has 0 radical (unpaired) electrons. The van der Waals surface area contributed by atoms with E-state index in [1.54, 1.807) is 12.1 Å². The van der Waals surface area contributed by atoms with Gasteiger partial charge in [-0.05, 0) is 5.56 Å². The van der Waals surface area contributed by atoms with Gasteiger partial charge in [0.05, 0.1) is 0 Å². The van der Waals surface area contributed by atoms with Crippen molar-refractivity contribution in [1.82, 2.24) is 0 Å². The van der Waals surface area contributed by atoms with E-state index in [0.717, 1.165) is 0 Å². The van der Waals surface area contributed by atoms with Crippen molar-refractivity contribution >= 4 is 5.97 Å². The van der Waals surface area contributed by atoms with Gasteiger partial charge in [0.15, 0.2) is 0 Å². The maximum atomic E-state index is 10.2. The Bertz CT molecular complexity index is 209. The number of aromatic carboxylic acids is 1. The summed E-state index contributed by atoms with van der Waals surface area (Å²) in [6, 6.07) is 8.87. The molecular formula is C8H8KO2-. The standard InChI is InChI=1S/C7H5O2.CH3.K/c8-7(9)6-4-2-1-3-5-6;;/h2-5H,(H,8,9);1H3;/q2*-1;+1. The van der Waals surface area contributed by atoms with E-state index < -0.39 is 5.97 Å². The first-order valence-corrected chi connectivity index (χ1v) is 2.50. The fourth-order valence-corrected chi connectivity index (χ4v) is 0.529. The molecule has 11 heavy (non-hydrogen) atoms. The second kappa shape index (κ2) is 7.00. The minimum atomic E-state index is -0.899. The molecule has 1 N–H and O–H groups in total. The number of carboxylic acid groups (broad SMARTS) is 1. The third-order valence-corrected chi connectivity index (χ3v) is 0.965. The molecule has 0 saturated heterocycles. The Kier molecular flexibility index (Phi) is 8.84. The van der Waals surface area contributed by atoms with Crippen LogP contribution in [0.15, 0.2) is 24.3 Å². The van der Waals surface area contributed by atoms with Crippen LogP contribution in [0, 0.1) is 13.5 Å². The molecule has 0 aliphatic heterocycles. The van der Waals surface area contributed by atoms with Gasteiger partial charge in [0, 0.05) is 0 Å². The van der Waals surface area contributed by atoms with E-state index >= 15 is 0 Å². The maximum Gasteiger partial charge on any atom is 1.00 e. The summed E-state index contributed by atoms with van der Waals surface area (Å²) in [5.41, 5.74) is 0.300. The fraction of sp³-hybridized carbons (Fsp3) is 0. The number of rotatable bonds is 1. The van der Waals surface area contributed by atoms with E-state index in [1.165, 1.54) is 12.1 Å². The molecule has 0 aliphatic rings. The Hall–Kier alpha value is 0.326. The van der Waals surface area contributed by atoms with Crippen LogP contribution < -0.4 is 51.4 Å². The molecule has 0 heterocycles. The normalized spacial score (nSPS) is 7.27. The zero-order chi connectivity index (χ0) is 6.69. The van der Waals surface area contributed by atoms with Crippen LogP contribution in [0.5, 0.6) is 0 Å². The predicted octanol–water partition coefficient (Wildman–Crippen LogP) is -1.36. The van der Waals surface area contributed by atoms with Gasteiger partial charge in [-0.2, -0.15) is 30.3 Å². The number of hydrogen-bond donors (Lipinski definition) is 1. The zero-order valence-electron chi connectivity index (χ0n) is 6.66. The van der Waals surface area contributed by atoms with Gasteiger partial charge in [-0.25, -0.2) is 4.79 Å². The van der Waals surface area contributed by atoms with E-state index in [2.05, 4.69) is 6.07 Å². The predicted molar refractivity (Wildman–Crippen MR) is 38.7 cm³/mol. The van der Waals surface area contributed by atoms with Gasteiger partial charge < -0.3 is 12.5 Å². The smallest absolute Gasteiger partial charge is 0.479 e. The summed E-state index contributed by atoms with van der Waals surface area (Å²) in [6.45, 7) is 0. The average molecular weight is 175 g/mol. The van der Waals surface area contributed by atoms with Crippen molar-refractivity contribution in [3.05, 3.63) is 43.3 Å². The van der Waals surface area contributed by atoms with Gasteiger partial charge >= 0.3 is 57.4 Å². The van der Waals surface area contributed by atoms with Crippen molar-refractivity contribution in [3.8, 4) is 0 Å². The van der Waals surface area contributed by atoms with Crippen molar-refractivity contribution in [2.45, 2.75) is 0 Å². The Morgan fingerprint density at radius 2 is 1.82 bits per heavy atom. The Labute approximate surface area is 109 Å². The van der Waals surface area contributed by atoms with E-state index in [-0.39, 0.29) is 58.8 Å². The van der Waals surface area contributed by atoms with Crippen LogP contribution >= 0.6 is 0 Å². The fourth-order valence-electron chi connectivity index (χ4n) is 0.529. The van der Waals surface area contributed by atoms with Crippen molar-refractivity contribution < 1.29 is 61.3 Å². The first-order chi connectivity index (χ1) is 4.30. The minimum Gasteiger partial charge on any atom is -0.479 e. The van der Waals surface area contributed by atoms with Gasteiger partial charge in [0.25, 0.3) is 0 Å². The van der Waals surface area contributed by atoms with E-state index in [9.17, 15) is 4.79 Å². The molecule has 0 aliphatic carbocycles.